The topological polar surface area (TPSA) is 83.5 Å². The lowest BCUT2D eigenvalue weighted by Gasteiger charge is -2.22. The van der Waals surface area contributed by atoms with Gasteiger partial charge in [-0.25, -0.2) is 13.4 Å². The van der Waals surface area contributed by atoms with Crippen molar-refractivity contribution >= 4 is 58.5 Å². The molecular weight excluding hydrogens is 560 g/mol. The van der Waals surface area contributed by atoms with E-state index in [1.807, 2.05) is 44.2 Å². The van der Waals surface area contributed by atoms with Crippen LogP contribution in [0.1, 0.15) is 42.6 Å². The molecule has 4 rings (SSSR count). The predicted octanol–water partition coefficient (Wildman–Crippen LogP) is 6.11. The molecule has 2 heterocycles. The third kappa shape index (κ3) is 5.83. The van der Waals surface area contributed by atoms with E-state index in [0.717, 1.165) is 33.1 Å². The number of thiazole rings is 1. The lowest BCUT2D eigenvalue weighted by atomic mass is 10.2. The van der Waals surface area contributed by atoms with Crippen LogP contribution >= 0.6 is 27.3 Å². The summed E-state index contributed by atoms with van der Waals surface area (Å²) in [6.07, 6.45) is 4.87. The summed E-state index contributed by atoms with van der Waals surface area (Å²) in [6.45, 7) is 5.12. The normalized spacial score (nSPS) is 11.8. The zero-order chi connectivity index (χ0) is 25.7. The molecule has 2 aromatic heterocycles. The summed E-state index contributed by atoms with van der Waals surface area (Å²) in [6, 6.07) is 15.7. The minimum absolute atomic E-state index is 0.185. The molecule has 0 fully saturated rings. The molecule has 0 unspecified atom stereocenters. The molecule has 0 saturated carbocycles. The van der Waals surface area contributed by atoms with E-state index in [1.165, 1.54) is 27.8 Å². The quantitative estimate of drug-likeness (QED) is 0.224. The fraction of sp³-hybridized carbons (Fsp3) is 0.269. The Hall–Kier alpha value is -2.66. The van der Waals surface area contributed by atoms with Crippen LogP contribution in [0, 0.1) is 0 Å². The van der Waals surface area contributed by atoms with Gasteiger partial charge in [-0.15, -0.1) is 0 Å². The summed E-state index contributed by atoms with van der Waals surface area (Å²) in [7, 11) is -3.62. The van der Waals surface area contributed by atoms with E-state index in [0.29, 0.717) is 23.8 Å². The Kier molecular flexibility index (Phi) is 8.50. The highest BCUT2D eigenvalue weighted by Crippen LogP contribution is 2.32. The minimum Gasteiger partial charge on any atom is -0.279 e. The molecule has 7 nitrogen and oxygen atoms in total. The maximum absolute atomic E-state index is 13.7. The van der Waals surface area contributed by atoms with Crippen molar-refractivity contribution < 1.29 is 13.2 Å². The number of carbonyl (C=O) groups is 1. The number of anilines is 1. The van der Waals surface area contributed by atoms with Crippen LogP contribution in [0.5, 0.6) is 0 Å². The van der Waals surface area contributed by atoms with E-state index >= 15 is 0 Å². The largest absolute Gasteiger partial charge is 0.279 e. The van der Waals surface area contributed by atoms with E-state index < -0.39 is 10.0 Å². The number of nitrogens with zero attached hydrogens (tertiary/aromatic N) is 4. The number of sulfonamides is 1. The molecular formula is C26H27BrN4O3S2. The number of carbonyl (C=O) groups excluding carboxylic acids is 1. The van der Waals surface area contributed by atoms with Gasteiger partial charge in [0.15, 0.2) is 5.13 Å². The lowest BCUT2D eigenvalue weighted by Crippen LogP contribution is -2.33. The SMILES string of the molecule is CCCN(CCC)S(=O)(=O)c1ccc(C(=O)N(Cc2cccnc2)c2nc3ccc(Br)cc3s2)cc1. The number of fused-ring (bicyclic) bond motifs is 1. The second-order valence-corrected chi connectivity index (χ2v) is 12.2. The fourth-order valence-corrected chi connectivity index (χ4v) is 6.97. The van der Waals surface area contributed by atoms with Crippen LogP contribution < -0.4 is 4.90 Å². The van der Waals surface area contributed by atoms with Crippen molar-refractivity contribution in [1.29, 1.82) is 0 Å². The molecule has 0 aliphatic heterocycles. The molecule has 0 N–H and O–H groups in total. The summed E-state index contributed by atoms with van der Waals surface area (Å²) < 4.78 is 29.6. The van der Waals surface area contributed by atoms with Crippen LogP contribution in [-0.4, -0.2) is 41.7 Å². The van der Waals surface area contributed by atoms with Crippen LogP contribution in [0.3, 0.4) is 0 Å². The minimum atomic E-state index is -3.62. The van der Waals surface area contributed by atoms with E-state index in [1.54, 1.807) is 29.4 Å². The lowest BCUT2D eigenvalue weighted by molar-refractivity contribution is 0.0985. The van der Waals surface area contributed by atoms with Crippen molar-refractivity contribution in [3.63, 3.8) is 0 Å². The molecule has 2 aromatic carbocycles. The molecule has 4 aromatic rings. The van der Waals surface area contributed by atoms with Crippen LogP contribution in [0.4, 0.5) is 5.13 Å². The zero-order valence-corrected chi connectivity index (χ0v) is 23.3. The maximum atomic E-state index is 13.7. The summed E-state index contributed by atoms with van der Waals surface area (Å²) in [4.78, 5) is 24.4. The summed E-state index contributed by atoms with van der Waals surface area (Å²) in [5.41, 5.74) is 2.05. The number of pyridine rings is 1. The third-order valence-corrected chi connectivity index (χ3v) is 9.01. The number of amides is 1. The van der Waals surface area contributed by atoms with Gasteiger partial charge in [-0.05, 0) is 66.9 Å². The number of aromatic nitrogens is 2. The van der Waals surface area contributed by atoms with Gasteiger partial charge in [0.2, 0.25) is 10.0 Å². The van der Waals surface area contributed by atoms with Gasteiger partial charge in [-0.1, -0.05) is 47.2 Å². The van der Waals surface area contributed by atoms with E-state index in [2.05, 4.69) is 20.9 Å². The van der Waals surface area contributed by atoms with Gasteiger partial charge in [0.05, 0.1) is 21.7 Å². The highest BCUT2D eigenvalue weighted by molar-refractivity contribution is 9.10. The standard InChI is InChI=1S/C26H27BrN4O3S2/c1-3-14-30(15-4-2)36(33,34)22-10-7-20(8-11-22)25(32)31(18-19-6-5-13-28-17-19)26-29-23-12-9-21(27)16-24(23)35-26/h5-13,16-17H,3-4,14-15,18H2,1-2H3. The summed E-state index contributed by atoms with van der Waals surface area (Å²) in [5.74, 6) is -0.264. The van der Waals surface area contributed by atoms with E-state index in [9.17, 15) is 13.2 Å². The van der Waals surface area contributed by atoms with Crippen LogP contribution in [0.2, 0.25) is 0 Å². The second kappa shape index (κ2) is 11.6. The predicted molar refractivity (Wildman–Crippen MR) is 148 cm³/mol. The summed E-state index contributed by atoms with van der Waals surface area (Å²) >= 11 is 4.91. The van der Waals surface area contributed by atoms with Crippen molar-refractivity contribution in [1.82, 2.24) is 14.3 Å². The molecule has 188 valence electrons. The number of hydrogen-bond donors (Lipinski definition) is 0. The number of rotatable bonds is 10. The zero-order valence-electron chi connectivity index (χ0n) is 20.1. The van der Waals surface area contributed by atoms with E-state index in [-0.39, 0.29) is 17.3 Å². The van der Waals surface area contributed by atoms with E-state index in [4.69, 9.17) is 4.98 Å². The van der Waals surface area contributed by atoms with Crippen molar-refractivity contribution in [2.24, 2.45) is 0 Å². The molecule has 0 saturated heterocycles. The number of halogens is 1. The first-order chi connectivity index (χ1) is 17.3. The maximum Gasteiger partial charge on any atom is 0.260 e. The highest BCUT2D eigenvalue weighted by Gasteiger charge is 2.25. The molecule has 36 heavy (non-hydrogen) atoms. The Balaban J connectivity index is 1.67. The van der Waals surface area contributed by atoms with Gasteiger partial charge >= 0.3 is 0 Å². The Labute approximate surface area is 224 Å². The molecule has 0 aliphatic carbocycles. The van der Waals surface area contributed by atoms with Crippen LogP contribution in [0.15, 0.2) is 76.4 Å². The number of benzene rings is 2. The van der Waals surface area contributed by atoms with Crippen molar-refractivity contribution in [3.05, 3.63) is 82.6 Å². The molecule has 0 bridgehead atoms. The third-order valence-electron chi connectivity index (χ3n) is 5.56. The Morgan fingerprint density at radius 3 is 2.39 bits per heavy atom. The molecule has 0 aliphatic rings. The average Bonchev–Trinajstić information content (AvgIpc) is 3.30. The van der Waals surface area contributed by atoms with Crippen molar-refractivity contribution in [2.45, 2.75) is 38.1 Å². The molecule has 0 spiro atoms. The van der Waals surface area contributed by atoms with Gasteiger partial charge in [-0.2, -0.15) is 4.31 Å². The van der Waals surface area contributed by atoms with Gasteiger partial charge < -0.3 is 0 Å². The van der Waals surface area contributed by atoms with Gasteiger partial charge in [-0.3, -0.25) is 14.7 Å². The van der Waals surface area contributed by atoms with Crippen LogP contribution in [-0.2, 0) is 16.6 Å². The second-order valence-electron chi connectivity index (χ2n) is 8.29. The van der Waals surface area contributed by atoms with Gasteiger partial charge in [0.1, 0.15) is 0 Å². The first-order valence-corrected chi connectivity index (χ1v) is 14.8. The first-order valence-electron chi connectivity index (χ1n) is 11.7. The average molecular weight is 588 g/mol. The van der Waals surface area contributed by atoms with Gasteiger partial charge in [0, 0.05) is 35.5 Å². The number of hydrogen-bond acceptors (Lipinski definition) is 6. The fourth-order valence-electron chi connectivity index (χ4n) is 3.83. The van der Waals surface area contributed by atoms with Crippen molar-refractivity contribution in [2.75, 3.05) is 18.0 Å². The Morgan fingerprint density at radius 2 is 1.75 bits per heavy atom. The molecule has 1 amide bonds. The summed E-state index contributed by atoms with van der Waals surface area (Å²) in [5, 5.41) is 0.561. The Morgan fingerprint density at radius 1 is 1.03 bits per heavy atom. The Bertz CT molecular complexity index is 1440. The molecule has 0 atom stereocenters. The molecule has 0 radical (unpaired) electrons. The smallest absolute Gasteiger partial charge is 0.260 e. The highest BCUT2D eigenvalue weighted by atomic mass is 79.9. The molecule has 10 heteroatoms. The first kappa shape index (κ1) is 26.4. The van der Waals surface area contributed by atoms with Gasteiger partial charge in [0.25, 0.3) is 5.91 Å². The monoisotopic (exact) mass is 586 g/mol. The van der Waals surface area contributed by atoms with Crippen LogP contribution in [0.25, 0.3) is 10.2 Å². The van der Waals surface area contributed by atoms with Crippen molar-refractivity contribution in [3.8, 4) is 0 Å².